The first-order valence-electron chi connectivity index (χ1n) is 20.8. The van der Waals surface area contributed by atoms with Crippen LogP contribution in [0.1, 0.15) is 89.5 Å². The second-order valence-corrected chi connectivity index (χ2v) is 19.0. The van der Waals surface area contributed by atoms with E-state index in [0.29, 0.717) is 17.5 Å². The first kappa shape index (κ1) is 35.4. The van der Waals surface area contributed by atoms with Gasteiger partial charge in [-0.1, -0.05) is 206 Å². The molecule has 0 N–H and O–H groups in total. The van der Waals surface area contributed by atoms with Crippen molar-refractivity contribution in [3.05, 3.63) is 156 Å². The van der Waals surface area contributed by atoms with Crippen LogP contribution in [0.5, 0.6) is 0 Å². The number of allylic oxidation sites excluding steroid dienone is 1. The highest BCUT2D eigenvalue weighted by atomic mass is 16.7. The molecule has 6 saturated carbocycles. The summed E-state index contributed by atoms with van der Waals surface area (Å²) in [4.78, 5) is 0. The van der Waals surface area contributed by atoms with Gasteiger partial charge in [0.15, 0.2) is 6.71 Å². The monoisotopic (exact) mass is 700 g/mol. The molecule has 6 aliphatic carbocycles. The number of hydrogen-bond donors (Lipinski definition) is 0. The minimum Gasteiger partial charge on any atom is -0.390 e. The zero-order chi connectivity index (χ0) is 36.6. The molecule has 7 fully saturated rings. The Morgan fingerprint density at radius 2 is 0.887 bits per heavy atom. The molecule has 11 rings (SSSR count). The Bertz CT molecular complexity index is 1700. The predicted octanol–water partition coefficient (Wildman–Crippen LogP) is 12.1. The summed E-state index contributed by atoms with van der Waals surface area (Å²) in [7, 11) is -0.538. The van der Waals surface area contributed by atoms with Gasteiger partial charge in [0.05, 0.1) is 0 Å². The lowest BCUT2D eigenvalue weighted by atomic mass is 9.20. The van der Waals surface area contributed by atoms with E-state index in [-0.39, 0.29) is 0 Å². The molecule has 0 spiro atoms. The second-order valence-electron chi connectivity index (χ2n) is 19.0. The Hall–Kier alpha value is -3.33. The maximum absolute atomic E-state index is 7.55. The fraction of sp³-hybridized carbons (Fsp3) is 0.469. The quantitative estimate of drug-likeness (QED) is 0.162. The van der Waals surface area contributed by atoms with Crippen LogP contribution in [-0.4, -0.2) is 13.8 Å². The van der Waals surface area contributed by atoms with Crippen molar-refractivity contribution in [1.29, 1.82) is 0 Å². The van der Waals surface area contributed by atoms with E-state index in [2.05, 4.69) is 175 Å². The van der Waals surface area contributed by atoms with E-state index in [4.69, 9.17) is 9.31 Å². The Kier molecular flexibility index (Phi) is 8.78. The molecule has 1 saturated heterocycles. The number of rotatable bonds is 9. The van der Waals surface area contributed by atoms with Crippen molar-refractivity contribution in [3.8, 4) is 0 Å². The highest BCUT2D eigenvalue weighted by molar-refractivity contribution is 6.63. The summed E-state index contributed by atoms with van der Waals surface area (Å²) in [6.45, 7) is 16.2. The topological polar surface area (TPSA) is 18.5 Å². The largest absolute Gasteiger partial charge is 0.487 e. The Labute approximate surface area is 320 Å². The summed E-state index contributed by atoms with van der Waals surface area (Å²) in [5, 5.41) is 0. The van der Waals surface area contributed by atoms with Crippen LogP contribution >= 0.6 is 0 Å². The van der Waals surface area contributed by atoms with Crippen LogP contribution in [0.15, 0.2) is 133 Å². The van der Waals surface area contributed by atoms with E-state index < -0.39 is 18.3 Å². The molecule has 4 heteroatoms. The summed E-state index contributed by atoms with van der Waals surface area (Å²) in [5.41, 5.74) is 3.46. The molecule has 53 heavy (non-hydrogen) atoms. The lowest BCUT2D eigenvalue weighted by Gasteiger charge is -2.66. The van der Waals surface area contributed by atoms with Crippen LogP contribution in [0.2, 0.25) is 18.0 Å². The highest BCUT2D eigenvalue weighted by Gasteiger charge is 2.66. The molecular formula is C49H58B2O2. The highest BCUT2D eigenvalue weighted by Crippen LogP contribution is 2.70. The summed E-state index contributed by atoms with van der Waals surface area (Å²) in [6.07, 6.45) is 9.27. The van der Waals surface area contributed by atoms with E-state index in [1.165, 1.54) is 25.7 Å². The van der Waals surface area contributed by atoms with Crippen LogP contribution in [-0.2, 0) is 20.5 Å². The van der Waals surface area contributed by atoms with Gasteiger partial charge in [-0.15, -0.1) is 0 Å². The molecule has 1 heterocycles. The molecule has 0 radical (unpaired) electrons. The minimum atomic E-state index is -0.942. The van der Waals surface area contributed by atoms with Gasteiger partial charge in [-0.25, -0.2) is 0 Å². The smallest absolute Gasteiger partial charge is 0.390 e. The van der Waals surface area contributed by atoms with Crippen molar-refractivity contribution in [1.82, 2.24) is 0 Å². The number of benzene rings is 4. The number of hydrogen-bond acceptors (Lipinski definition) is 2. The van der Waals surface area contributed by atoms with Crippen molar-refractivity contribution < 1.29 is 9.31 Å². The molecule has 7 aliphatic rings. The standard InChI is InChI=1S/C49H58B2O2/c1-34-42-30-40(46(42,3)4)32-44(34)50(45-33-41-31-43(35(45)2)47(41,5)6)28-19-29-51-52-48(36-20-11-7-12-21-36,37-22-13-8-14-23-37)49(53-51,38-24-15-9-16-25-38)39-26-17-10-18-27-39/h7-27,29,34-35,40-45H,28,30-33H2,1-6H3/b29-19+/t34-,35-,40+,41+,42-,43-,44-,45-/m0/s1. The third-order valence-electron chi connectivity index (χ3n) is 16.4. The third kappa shape index (κ3) is 5.28. The average molecular weight is 701 g/mol. The van der Waals surface area contributed by atoms with Crippen molar-refractivity contribution in [3.63, 3.8) is 0 Å². The van der Waals surface area contributed by atoms with Crippen LogP contribution in [0.25, 0.3) is 0 Å². The Balaban J connectivity index is 1.12. The van der Waals surface area contributed by atoms with Crippen LogP contribution in [0.4, 0.5) is 0 Å². The SMILES string of the molecule is C[C@@H]1[C@@H](B(C/C=C/B2OC(c3ccccc3)(c3ccccc3)C(c3ccccc3)(c3ccccc3)O2)[C@H]2C[C@H]3C[C@@H]([C@@H]2C)C3(C)C)C[C@H]2C[C@@H]1C2(C)C. The van der Waals surface area contributed by atoms with Crippen LogP contribution in [0.3, 0.4) is 0 Å². The lowest BCUT2D eigenvalue weighted by molar-refractivity contribution is -0.107. The summed E-state index contributed by atoms with van der Waals surface area (Å²) in [5.74, 6) is 8.89. The zero-order valence-corrected chi connectivity index (χ0v) is 32.8. The molecule has 0 aromatic heterocycles. The third-order valence-corrected chi connectivity index (χ3v) is 16.4. The van der Waals surface area contributed by atoms with Gasteiger partial charge >= 0.3 is 7.12 Å². The molecule has 8 atom stereocenters. The van der Waals surface area contributed by atoms with Gasteiger partial charge in [-0.3, -0.25) is 0 Å². The molecule has 0 unspecified atom stereocenters. The second kappa shape index (κ2) is 13.2. The predicted molar refractivity (Wildman–Crippen MR) is 221 cm³/mol. The normalized spacial score (nSPS) is 32.8. The lowest BCUT2D eigenvalue weighted by Crippen LogP contribution is -2.59. The Morgan fingerprint density at radius 3 is 1.19 bits per heavy atom. The fourth-order valence-electron chi connectivity index (χ4n) is 13.3. The van der Waals surface area contributed by atoms with Crippen molar-refractivity contribution >= 4 is 13.8 Å². The van der Waals surface area contributed by atoms with Crippen molar-refractivity contribution in [2.75, 3.05) is 0 Å². The van der Waals surface area contributed by atoms with E-state index in [1.807, 2.05) is 0 Å². The molecule has 272 valence electrons. The molecule has 4 aromatic carbocycles. The van der Waals surface area contributed by atoms with Gasteiger partial charge in [0, 0.05) is 0 Å². The van der Waals surface area contributed by atoms with Crippen LogP contribution in [0, 0.1) is 46.3 Å². The number of fused-ring (bicyclic) bond motifs is 4. The Morgan fingerprint density at radius 1 is 0.547 bits per heavy atom. The van der Waals surface area contributed by atoms with Crippen molar-refractivity contribution in [2.24, 2.45) is 46.3 Å². The first-order valence-corrected chi connectivity index (χ1v) is 20.8. The fourth-order valence-corrected chi connectivity index (χ4v) is 13.3. The summed E-state index contributed by atoms with van der Waals surface area (Å²) in [6, 6.07) is 43.2. The molecular weight excluding hydrogens is 642 g/mol. The molecule has 4 aromatic rings. The van der Waals surface area contributed by atoms with Gasteiger partial charge in [0.25, 0.3) is 0 Å². The van der Waals surface area contributed by atoms with Gasteiger partial charge in [0.1, 0.15) is 11.2 Å². The first-order chi connectivity index (χ1) is 25.6. The van der Waals surface area contributed by atoms with E-state index in [1.54, 1.807) is 0 Å². The van der Waals surface area contributed by atoms with Crippen molar-refractivity contribution in [2.45, 2.75) is 96.4 Å². The minimum absolute atomic E-state index is 0.501. The molecule has 2 nitrogen and oxygen atoms in total. The van der Waals surface area contributed by atoms with E-state index in [0.717, 1.165) is 75.7 Å². The average Bonchev–Trinajstić information content (AvgIpc) is 3.55. The zero-order valence-electron chi connectivity index (χ0n) is 32.8. The molecule has 1 aliphatic heterocycles. The molecule has 0 amide bonds. The maximum Gasteiger partial charge on any atom is 0.487 e. The van der Waals surface area contributed by atoms with Gasteiger partial charge in [-0.05, 0) is 81.4 Å². The maximum atomic E-state index is 7.55. The summed E-state index contributed by atoms with van der Waals surface area (Å²) < 4.78 is 15.1. The van der Waals surface area contributed by atoms with Gasteiger partial charge < -0.3 is 9.31 Å². The van der Waals surface area contributed by atoms with E-state index >= 15 is 0 Å². The van der Waals surface area contributed by atoms with E-state index in [9.17, 15) is 0 Å². The summed E-state index contributed by atoms with van der Waals surface area (Å²) >= 11 is 0. The molecule has 4 bridgehead atoms. The van der Waals surface area contributed by atoms with Gasteiger partial charge in [0.2, 0.25) is 0 Å². The van der Waals surface area contributed by atoms with Gasteiger partial charge in [-0.2, -0.15) is 0 Å². The van der Waals surface area contributed by atoms with Crippen LogP contribution < -0.4 is 0 Å².